The van der Waals surface area contributed by atoms with Crippen LogP contribution in [0.1, 0.15) is 39.9 Å². The van der Waals surface area contributed by atoms with Crippen LogP contribution in [0.25, 0.3) is 43.7 Å². The van der Waals surface area contributed by atoms with E-state index in [1.54, 1.807) is 109 Å². The van der Waals surface area contributed by atoms with Crippen molar-refractivity contribution in [3.63, 3.8) is 0 Å². The molecule has 0 radical (unpaired) electrons. The molecule has 0 fully saturated rings. The number of rotatable bonds is 12. The fraction of sp³-hybridized carbons (Fsp3) is 0.0909. The molecule has 4 aromatic heterocycles. The third-order valence-electron chi connectivity index (χ3n) is 11.4. The summed E-state index contributed by atoms with van der Waals surface area (Å²) >= 11 is 13.0. The Morgan fingerprint density at radius 1 is 0.549 bits per heavy atom. The number of aromatic nitrogens is 2. The van der Waals surface area contributed by atoms with Gasteiger partial charge in [-0.15, -0.1) is 0 Å². The number of phenols is 2. The van der Waals surface area contributed by atoms with Crippen molar-refractivity contribution >= 4 is 78.8 Å². The molecule has 16 heteroatoms. The summed E-state index contributed by atoms with van der Waals surface area (Å²) < 4.78 is 22.5. The molecule has 2 amide bonds. The number of benzene rings is 6. The number of carbonyl (C=O) groups excluding carboxylic acids is 2. The fourth-order valence-electron chi connectivity index (χ4n) is 7.99. The first-order valence-corrected chi connectivity index (χ1v) is 22.7. The molecule has 10 rings (SSSR count). The molecule has 71 heavy (non-hydrogen) atoms. The number of hydrogen-bond donors (Lipinski definition) is 4. The first-order valence-electron chi connectivity index (χ1n) is 21.9. The van der Waals surface area contributed by atoms with E-state index in [1.807, 2.05) is 25.1 Å². The van der Waals surface area contributed by atoms with Gasteiger partial charge in [-0.25, -0.2) is 0 Å². The predicted molar refractivity (Wildman–Crippen MR) is 270 cm³/mol. The number of nitrogens with one attached hydrogen (secondary N) is 2. The maximum absolute atomic E-state index is 13.5. The average Bonchev–Trinajstić information content (AvgIpc) is 3.40. The zero-order valence-corrected chi connectivity index (χ0v) is 39.0. The number of aromatic hydroxyl groups is 2. The maximum Gasteiger partial charge on any atom is 0.258 e. The summed E-state index contributed by atoms with van der Waals surface area (Å²) in [5.41, 5.74) is 2.17. The SMILES string of the molecule is Cc1ccc2occ(C(NC(=O)COc3ccccc3)c3cc(Cl)c4cccnc4c3O)c(=O)c2c1.O=C(COc1ccccc1)NC(c1cc(Cl)c2cccnc2c1O)c1coc2ccccc2c1=O. The number of hydrogen-bond acceptors (Lipinski definition) is 12. The summed E-state index contributed by atoms with van der Waals surface area (Å²) in [6.07, 6.45) is 5.62. The molecule has 6 aromatic carbocycles. The lowest BCUT2D eigenvalue weighted by Crippen LogP contribution is -2.35. The van der Waals surface area contributed by atoms with E-state index in [0.717, 1.165) is 5.56 Å². The Labute approximate surface area is 413 Å². The number of nitrogens with zero attached hydrogens (tertiary/aromatic N) is 2. The van der Waals surface area contributed by atoms with E-state index in [9.17, 15) is 29.4 Å². The van der Waals surface area contributed by atoms with Gasteiger partial charge in [-0.2, -0.15) is 0 Å². The van der Waals surface area contributed by atoms with E-state index < -0.39 is 23.9 Å². The number of halogens is 2. The van der Waals surface area contributed by atoms with Crippen LogP contribution in [0, 0.1) is 6.92 Å². The molecule has 10 aromatic rings. The fourth-order valence-corrected chi connectivity index (χ4v) is 8.53. The number of phenolic OH excluding ortho intramolecular Hbond substituents is 2. The van der Waals surface area contributed by atoms with Crippen LogP contribution in [-0.2, 0) is 9.59 Å². The second kappa shape index (κ2) is 20.9. The molecule has 0 bridgehead atoms. The zero-order valence-electron chi connectivity index (χ0n) is 37.5. The quantitative estimate of drug-likeness (QED) is 0.0903. The van der Waals surface area contributed by atoms with E-state index in [4.69, 9.17) is 41.5 Å². The van der Waals surface area contributed by atoms with Crippen molar-refractivity contribution in [2.24, 2.45) is 0 Å². The van der Waals surface area contributed by atoms with Crippen LogP contribution in [0.3, 0.4) is 0 Å². The van der Waals surface area contributed by atoms with Gasteiger partial charge in [0.1, 0.15) is 57.7 Å². The van der Waals surface area contributed by atoms with Crippen LogP contribution in [-0.4, -0.2) is 45.2 Å². The second-order valence-electron chi connectivity index (χ2n) is 16.1. The lowest BCUT2D eigenvalue weighted by Gasteiger charge is -2.21. The van der Waals surface area contributed by atoms with Gasteiger partial charge in [0.25, 0.3) is 11.8 Å². The van der Waals surface area contributed by atoms with Gasteiger partial charge in [0.05, 0.1) is 44.0 Å². The molecule has 0 aliphatic rings. The third-order valence-corrected chi connectivity index (χ3v) is 12.1. The van der Waals surface area contributed by atoms with Gasteiger partial charge in [0, 0.05) is 34.3 Å². The van der Waals surface area contributed by atoms with Gasteiger partial charge in [-0.3, -0.25) is 29.1 Å². The Bertz CT molecular complexity index is 3740. The van der Waals surface area contributed by atoms with Crippen LogP contribution in [0.2, 0.25) is 10.0 Å². The van der Waals surface area contributed by atoms with E-state index in [2.05, 4.69) is 20.6 Å². The summed E-state index contributed by atoms with van der Waals surface area (Å²) in [5.74, 6) is -0.386. The molecule has 0 spiro atoms. The van der Waals surface area contributed by atoms with Gasteiger partial charge in [0.2, 0.25) is 0 Å². The molecule has 4 heterocycles. The molecule has 2 unspecified atom stereocenters. The summed E-state index contributed by atoms with van der Waals surface area (Å²) in [4.78, 5) is 61.3. The van der Waals surface area contributed by atoms with Crippen molar-refractivity contribution in [3.05, 3.63) is 223 Å². The van der Waals surface area contributed by atoms with Crippen LogP contribution in [0.5, 0.6) is 23.0 Å². The van der Waals surface area contributed by atoms with E-state index in [1.165, 1.54) is 37.1 Å². The lowest BCUT2D eigenvalue weighted by molar-refractivity contribution is -0.124. The summed E-state index contributed by atoms with van der Waals surface area (Å²) in [7, 11) is 0. The number of carbonyl (C=O) groups is 2. The minimum atomic E-state index is -1.08. The zero-order chi connectivity index (χ0) is 49.6. The first kappa shape index (κ1) is 47.4. The smallest absolute Gasteiger partial charge is 0.258 e. The molecule has 0 aliphatic carbocycles. The van der Waals surface area contributed by atoms with Crippen LogP contribution in [0.15, 0.2) is 183 Å². The Hall–Kier alpha value is -8.72. The van der Waals surface area contributed by atoms with E-state index >= 15 is 0 Å². The minimum Gasteiger partial charge on any atom is -0.505 e. The van der Waals surface area contributed by atoms with Gasteiger partial charge >= 0.3 is 0 Å². The Balaban J connectivity index is 0.000000176. The minimum absolute atomic E-state index is 0.124. The van der Waals surface area contributed by atoms with Crippen molar-refractivity contribution < 1.29 is 38.1 Å². The van der Waals surface area contributed by atoms with Crippen LogP contribution >= 0.6 is 23.2 Å². The van der Waals surface area contributed by atoms with Gasteiger partial charge in [-0.1, -0.05) is 83.4 Å². The molecule has 0 saturated carbocycles. The number of para-hydroxylation sites is 3. The van der Waals surface area contributed by atoms with Gasteiger partial charge in [0.15, 0.2) is 24.1 Å². The molecule has 14 nitrogen and oxygen atoms in total. The summed E-state index contributed by atoms with van der Waals surface area (Å²) in [5, 5.41) is 30.2. The normalized spacial score (nSPS) is 11.9. The van der Waals surface area contributed by atoms with Crippen molar-refractivity contribution in [1.82, 2.24) is 20.6 Å². The summed E-state index contributed by atoms with van der Waals surface area (Å²) in [6.45, 7) is 1.25. The number of fused-ring (bicyclic) bond motifs is 4. The third kappa shape index (κ3) is 10.2. The standard InChI is InChI=1S/C28H21ClN2O5.C27H19ClN2O5/c1-16-9-10-23-19(12-16)27(33)21(14-36-23)25(31-24(32)15-35-17-6-3-2-4-7-17)20-13-22(29)18-8-5-11-30-26(18)28(20)34;28-21-13-19(27(33)25-17(21)10-6-12-29-25)24(30-23(31)15-34-16-7-2-1-3-8-16)20-14-35-22-11-5-4-9-18(22)26(20)32/h2-14,25,34H,15H2,1H3,(H,31,32);1-14,24,33H,15H2,(H,30,31). The summed E-state index contributed by atoms with van der Waals surface area (Å²) in [6, 6.07) is 37.5. The topological polar surface area (TPSA) is 203 Å². The van der Waals surface area contributed by atoms with Crippen molar-refractivity contribution in [3.8, 4) is 23.0 Å². The molecule has 354 valence electrons. The number of pyridine rings is 2. The number of amides is 2. The van der Waals surface area contributed by atoms with Crippen molar-refractivity contribution in [2.75, 3.05) is 13.2 Å². The second-order valence-corrected chi connectivity index (χ2v) is 16.9. The van der Waals surface area contributed by atoms with E-state index in [0.29, 0.717) is 54.3 Å². The maximum atomic E-state index is 13.5. The lowest BCUT2D eigenvalue weighted by atomic mass is 9.96. The highest BCUT2D eigenvalue weighted by molar-refractivity contribution is 6.36. The highest BCUT2D eigenvalue weighted by atomic mass is 35.5. The largest absolute Gasteiger partial charge is 0.505 e. The number of aryl methyl sites for hydroxylation is 1. The Morgan fingerprint density at radius 3 is 1.49 bits per heavy atom. The highest BCUT2D eigenvalue weighted by Crippen LogP contribution is 2.40. The first-order chi connectivity index (χ1) is 34.4. The van der Waals surface area contributed by atoms with Crippen molar-refractivity contribution in [2.45, 2.75) is 19.0 Å². The van der Waals surface area contributed by atoms with Crippen LogP contribution in [0.4, 0.5) is 0 Å². The Kier molecular flexibility index (Phi) is 13.9. The Morgan fingerprint density at radius 2 is 0.986 bits per heavy atom. The highest BCUT2D eigenvalue weighted by Gasteiger charge is 2.29. The predicted octanol–water partition coefficient (Wildman–Crippen LogP) is 10.3. The molecule has 2 atom stereocenters. The van der Waals surface area contributed by atoms with Crippen LogP contribution < -0.4 is 31.0 Å². The molecular formula is C55H40Cl2N4O10. The van der Waals surface area contributed by atoms with Gasteiger partial charge < -0.3 is 39.2 Å². The number of ether oxygens (including phenoxy) is 2. The molecule has 4 N–H and O–H groups in total. The molecule has 0 aliphatic heterocycles. The van der Waals surface area contributed by atoms with E-state index in [-0.39, 0.29) is 68.9 Å². The molecule has 0 saturated heterocycles. The monoisotopic (exact) mass is 986 g/mol. The van der Waals surface area contributed by atoms with Gasteiger partial charge in [-0.05, 0) is 91.9 Å². The average molecular weight is 988 g/mol. The van der Waals surface area contributed by atoms with Crippen molar-refractivity contribution in [1.29, 1.82) is 0 Å². The molecular weight excluding hydrogens is 948 g/mol.